The fourth-order valence-electron chi connectivity index (χ4n) is 6.13. The van der Waals surface area contributed by atoms with E-state index >= 15 is 0 Å². The number of rotatable bonds is 9. The predicted octanol–water partition coefficient (Wildman–Crippen LogP) is 13.1. The molecule has 7 aromatic carbocycles. The smallest absolute Gasteiger partial charge is 0.0490 e. The average Bonchev–Trinajstić information content (AvgIpc) is 3.14. The van der Waals surface area contributed by atoms with Crippen molar-refractivity contribution in [3.63, 3.8) is 0 Å². The van der Waals surface area contributed by atoms with Gasteiger partial charge in [-0.2, -0.15) is 0 Å². The summed E-state index contributed by atoms with van der Waals surface area (Å²) in [5, 5.41) is 0. The van der Waals surface area contributed by atoms with Gasteiger partial charge in [0.25, 0.3) is 0 Å². The van der Waals surface area contributed by atoms with Gasteiger partial charge in [-0.25, -0.2) is 0 Å². The predicted molar refractivity (Wildman–Crippen MR) is 206 cm³/mol. The Labute approximate surface area is 284 Å². The van der Waals surface area contributed by atoms with Crippen molar-refractivity contribution in [2.24, 2.45) is 0 Å². The molecule has 2 nitrogen and oxygen atoms in total. The number of para-hydroxylation sites is 3. The maximum atomic E-state index is 2.34. The maximum Gasteiger partial charge on any atom is 0.0490 e. The fourth-order valence-corrected chi connectivity index (χ4v) is 6.13. The lowest BCUT2D eigenvalue weighted by Gasteiger charge is -2.27. The Morgan fingerprint density at radius 2 is 0.792 bits per heavy atom. The summed E-state index contributed by atoms with van der Waals surface area (Å²) in [4.78, 5) is 4.62. The lowest BCUT2D eigenvalue weighted by atomic mass is 10.0. The Hall–Kier alpha value is -6.12. The van der Waals surface area contributed by atoms with Crippen molar-refractivity contribution in [1.29, 1.82) is 0 Å². The molecule has 0 aliphatic heterocycles. The van der Waals surface area contributed by atoms with Gasteiger partial charge in [0.15, 0.2) is 0 Å². The van der Waals surface area contributed by atoms with Crippen LogP contribution in [0, 0.1) is 13.8 Å². The van der Waals surface area contributed by atoms with Gasteiger partial charge in [-0.15, -0.1) is 0 Å². The third-order valence-electron chi connectivity index (χ3n) is 8.63. The molecule has 0 aliphatic carbocycles. The summed E-state index contributed by atoms with van der Waals surface area (Å²) in [6.45, 7) is 4.31. The van der Waals surface area contributed by atoms with Crippen LogP contribution in [0.15, 0.2) is 182 Å². The van der Waals surface area contributed by atoms with Gasteiger partial charge in [0.1, 0.15) is 0 Å². The van der Waals surface area contributed by atoms with E-state index in [-0.39, 0.29) is 0 Å². The van der Waals surface area contributed by atoms with Gasteiger partial charge < -0.3 is 9.80 Å². The maximum absolute atomic E-state index is 2.34. The van der Waals surface area contributed by atoms with Crippen molar-refractivity contribution in [3.8, 4) is 11.1 Å². The molecule has 7 aromatic rings. The molecule has 0 unspecified atom stereocenters. The molecule has 232 valence electrons. The number of nitrogens with zero attached hydrogens (tertiary/aromatic N) is 2. The van der Waals surface area contributed by atoms with E-state index < -0.39 is 0 Å². The van der Waals surface area contributed by atoms with E-state index in [1.807, 2.05) is 0 Å². The van der Waals surface area contributed by atoms with Gasteiger partial charge in [-0.05, 0) is 114 Å². The minimum Gasteiger partial charge on any atom is -0.311 e. The van der Waals surface area contributed by atoms with Gasteiger partial charge in [0, 0.05) is 34.1 Å². The normalized spacial score (nSPS) is 11.0. The Kier molecular flexibility index (Phi) is 8.97. The first-order valence-corrected chi connectivity index (χ1v) is 16.4. The first-order valence-electron chi connectivity index (χ1n) is 16.4. The number of hydrogen-bond donors (Lipinski definition) is 0. The second-order valence-electron chi connectivity index (χ2n) is 12.1. The third-order valence-corrected chi connectivity index (χ3v) is 8.63. The zero-order valence-corrected chi connectivity index (χ0v) is 27.4. The van der Waals surface area contributed by atoms with E-state index in [0.29, 0.717) is 0 Å². The SMILES string of the molecule is Cc1cccc(N(c2ccc(/C=C/c3ccc(-c4ccc(N(c5ccccc5)c5ccccc5)cc4)cc3)cc2)c2ccccc2C)c1. The molecule has 0 atom stereocenters. The standard InChI is InChI=1S/C46H38N2/c1-35-12-11-18-45(34-35)48(46-19-10-9-13-36(46)2)44-30-24-38(25-31-44)21-20-37-22-26-39(27-23-37)40-28-32-43(33-29-40)47(41-14-5-3-6-15-41)42-16-7-4-8-17-42/h3-34H,1-2H3/b21-20+. The second-order valence-corrected chi connectivity index (χ2v) is 12.1. The Morgan fingerprint density at radius 1 is 0.354 bits per heavy atom. The van der Waals surface area contributed by atoms with E-state index in [4.69, 9.17) is 0 Å². The monoisotopic (exact) mass is 618 g/mol. The molecule has 0 saturated carbocycles. The summed E-state index contributed by atoms with van der Waals surface area (Å²) in [5.74, 6) is 0. The van der Waals surface area contributed by atoms with Crippen LogP contribution >= 0.6 is 0 Å². The molecule has 48 heavy (non-hydrogen) atoms. The first kappa shape index (κ1) is 30.5. The highest BCUT2D eigenvalue weighted by molar-refractivity contribution is 5.81. The molecule has 0 fully saturated rings. The highest BCUT2D eigenvalue weighted by Crippen LogP contribution is 2.37. The van der Waals surface area contributed by atoms with Crippen LogP contribution < -0.4 is 9.80 Å². The zero-order chi connectivity index (χ0) is 32.7. The molecule has 0 heterocycles. The van der Waals surface area contributed by atoms with Crippen LogP contribution in [0.2, 0.25) is 0 Å². The molecule has 0 aromatic heterocycles. The molecule has 7 rings (SSSR count). The fraction of sp³-hybridized carbons (Fsp3) is 0.0435. The van der Waals surface area contributed by atoms with Crippen molar-refractivity contribution in [2.75, 3.05) is 9.80 Å². The average molecular weight is 619 g/mol. The Morgan fingerprint density at radius 3 is 1.35 bits per heavy atom. The minimum absolute atomic E-state index is 1.13. The van der Waals surface area contributed by atoms with E-state index in [0.717, 1.165) is 34.0 Å². The van der Waals surface area contributed by atoms with Crippen molar-refractivity contribution in [1.82, 2.24) is 0 Å². The van der Waals surface area contributed by atoms with Crippen LogP contribution in [0.5, 0.6) is 0 Å². The Bertz CT molecular complexity index is 2070. The zero-order valence-electron chi connectivity index (χ0n) is 27.4. The largest absolute Gasteiger partial charge is 0.311 e. The van der Waals surface area contributed by atoms with E-state index in [1.54, 1.807) is 0 Å². The summed E-state index contributed by atoms with van der Waals surface area (Å²) in [6, 6.07) is 64.6. The lowest BCUT2D eigenvalue weighted by molar-refractivity contribution is 1.24. The third kappa shape index (κ3) is 6.84. The number of benzene rings is 7. The van der Waals surface area contributed by atoms with Crippen LogP contribution in [-0.2, 0) is 0 Å². The summed E-state index contributed by atoms with van der Waals surface area (Å²) in [5.41, 5.74) is 14.1. The first-order chi connectivity index (χ1) is 23.6. The highest BCUT2D eigenvalue weighted by atomic mass is 15.1. The van der Waals surface area contributed by atoms with E-state index in [9.17, 15) is 0 Å². The lowest BCUT2D eigenvalue weighted by Crippen LogP contribution is -2.11. The van der Waals surface area contributed by atoms with E-state index in [1.165, 1.54) is 33.5 Å². The number of aryl methyl sites for hydroxylation is 2. The van der Waals surface area contributed by atoms with Crippen molar-refractivity contribution in [3.05, 3.63) is 204 Å². The van der Waals surface area contributed by atoms with Crippen LogP contribution in [0.4, 0.5) is 34.1 Å². The number of anilines is 6. The molecule has 0 saturated heterocycles. The molecule has 2 heteroatoms. The van der Waals surface area contributed by atoms with Gasteiger partial charge in [-0.3, -0.25) is 0 Å². The minimum atomic E-state index is 1.13. The quantitative estimate of drug-likeness (QED) is 0.149. The van der Waals surface area contributed by atoms with Crippen LogP contribution in [0.25, 0.3) is 23.3 Å². The molecule has 0 radical (unpaired) electrons. The van der Waals surface area contributed by atoms with Crippen LogP contribution in [-0.4, -0.2) is 0 Å². The van der Waals surface area contributed by atoms with Crippen LogP contribution in [0.1, 0.15) is 22.3 Å². The summed E-state index contributed by atoms with van der Waals surface area (Å²) in [6.07, 6.45) is 4.36. The van der Waals surface area contributed by atoms with Crippen LogP contribution in [0.3, 0.4) is 0 Å². The van der Waals surface area contributed by atoms with Crippen molar-refractivity contribution >= 4 is 46.3 Å². The molecule has 0 bridgehead atoms. The molecule has 0 amide bonds. The summed E-state index contributed by atoms with van der Waals surface area (Å²) >= 11 is 0. The molecule has 0 N–H and O–H groups in total. The highest BCUT2D eigenvalue weighted by Gasteiger charge is 2.15. The Balaban J connectivity index is 1.07. The van der Waals surface area contributed by atoms with Gasteiger partial charge in [0.2, 0.25) is 0 Å². The summed E-state index contributed by atoms with van der Waals surface area (Å²) < 4.78 is 0. The topological polar surface area (TPSA) is 6.48 Å². The molecule has 0 spiro atoms. The van der Waals surface area contributed by atoms with E-state index in [2.05, 4.69) is 218 Å². The van der Waals surface area contributed by atoms with Crippen molar-refractivity contribution < 1.29 is 0 Å². The number of hydrogen-bond acceptors (Lipinski definition) is 2. The second kappa shape index (κ2) is 14.1. The van der Waals surface area contributed by atoms with Crippen molar-refractivity contribution in [2.45, 2.75) is 13.8 Å². The van der Waals surface area contributed by atoms with Gasteiger partial charge in [0.05, 0.1) is 0 Å². The van der Waals surface area contributed by atoms with Gasteiger partial charge in [-0.1, -0.05) is 127 Å². The summed E-state index contributed by atoms with van der Waals surface area (Å²) in [7, 11) is 0. The molecular formula is C46H38N2. The molecular weight excluding hydrogens is 581 g/mol. The van der Waals surface area contributed by atoms with Gasteiger partial charge >= 0.3 is 0 Å². The molecule has 0 aliphatic rings.